The first kappa shape index (κ1) is 14.1. The van der Waals surface area contributed by atoms with Crippen molar-refractivity contribution in [2.75, 3.05) is 13.1 Å². The Bertz CT molecular complexity index is 422. The lowest BCUT2D eigenvalue weighted by molar-refractivity contribution is -0.137. The molecule has 1 aromatic heterocycles. The third kappa shape index (κ3) is 3.56. The van der Waals surface area contributed by atoms with Gasteiger partial charge in [0.2, 0.25) is 0 Å². The van der Waals surface area contributed by atoms with Crippen LogP contribution in [0.5, 0.6) is 0 Å². The number of carboxylic acid groups (broad SMARTS) is 1. The Morgan fingerprint density at radius 3 is 2.74 bits per heavy atom. The molecule has 106 valence electrons. The average Bonchev–Trinajstić information content (AvgIpc) is 2.82. The second-order valence-corrected chi connectivity index (χ2v) is 5.47. The molecule has 1 fully saturated rings. The Kier molecular flexibility index (Phi) is 4.58. The number of carbonyl (C=O) groups is 1. The number of hydrogen-bond acceptors (Lipinski definition) is 3. The van der Waals surface area contributed by atoms with Crippen LogP contribution in [-0.4, -0.2) is 38.8 Å². The van der Waals surface area contributed by atoms with E-state index < -0.39 is 5.97 Å². The summed E-state index contributed by atoms with van der Waals surface area (Å²) >= 11 is 0. The molecule has 0 aliphatic carbocycles. The zero-order valence-corrected chi connectivity index (χ0v) is 11.7. The Balaban J connectivity index is 1.83. The van der Waals surface area contributed by atoms with E-state index >= 15 is 0 Å². The number of aryl methyl sites for hydroxylation is 1. The van der Waals surface area contributed by atoms with Gasteiger partial charge in [-0.3, -0.25) is 14.4 Å². The first-order chi connectivity index (χ1) is 9.08. The van der Waals surface area contributed by atoms with Crippen LogP contribution in [0.3, 0.4) is 0 Å². The van der Waals surface area contributed by atoms with E-state index in [4.69, 9.17) is 5.11 Å². The van der Waals surface area contributed by atoms with E-state index in [1.54, 1.807) is 0 Å². The summed E-state index contributed by atoms with van der Waals surface area (Å²) in [6.07, 6.45) is 5.18. The van der Waals surface area contributed by atoms with E-state index in [-0.39, 0.29) is 0 Å². The Labute approximate surface area is 114 Å². The molecule has 19 heavy (non-hydrogen) atoms. The predicted molar refractivity (Wildman–Crippen MR) is 72.8 cm³/mol. The minimum Gasteiger partial charge on any atom is -0.481 e. The van der Waals surface area contributed by atoms with Crippen LogP contribution in [0.4, 0.5) is 0 Å². The summed E-state index contributed by atoms with van der Waals surface area (Å²) in [4.78, 5) is 13.1. The van der Waals surface area contributed by atoms with Crippen molar-refractivity contribution < 1.29 is 9.90 Å². The van der Waals surface area contributed by atoms with Crippen LogP contribution in [0.1, 0.15) is 44.3 Å². The SMILES string of the molecule is CC(c1ccnn1C)N1CCC(CCC(=O)O)CC1. The molecular formula is C14H23N3O2. The molecular weight excluding hydrogens is 242 g/mol. The summed E-state index contributed by atoms with van der Waals surface area (Å²) in [5, 5.41) is 12.9. The number of rotatable bonds is 5. The zero-order chi connectivity index (χ0) is 13.8. The van der Waals surface area contributed by atoms with Crippen molar-refractivity contribution in [3.8, 4) is 0 Å². The van der Waals surface area contributed by atoms with Crippen LogP contribution < -0.4 is 0 Å². The molecule has 0 radical (unpaired) electrons. The van der Waals surface area contributed by atoms with E-state index in [0.29, 0.717) is 18.4 Å². The molecule has 1 aliphatic rings. The average molecular weight is 265 g/mol. The first-order valence-corrected chi connectivity index (χ1v) is 7.01. The summed E-state index contributed by atoms with van der Waals surface area (Å²) in [7, 11) is 1.98. The van der Waals surface area contributed by atoms with Crippen molar-refractivity contribution in [3.63, 3.8) is 0 Å². The lowest BCUT2D eigenvalue weighted by atomic mass is 9.91. The molecule has 1 aromatic rings. The zero-order valence-electron chi connectivity index (χ0n) is 11.7. The number of aliphatic carboxylic acids is 1. The van der Waals surface area contributed by atoms with E-state index in [0.717, 1.165) is 32.4 Å². The molecule has 0 aromatic carbocycles. The highest BCUT2D eigenvalue weighted by atomic mass is 16.4. The molecule has 0 spiro atoms. The van der Waals surface area contributed by atoms with Gasteiger partial charge in [0, 0.05) is 25.7 Å². The maximum atomic E-state index is 10.6. The van der Waals surface area contributed by atoms with Crippen molar-refractivity contribution in [1.82, 2.24) is 14.7 Å². The van der Waals surface area contributed by atoms with Crippen LogP contribution in [-0.2, 0) is 11.8 Å². The molecule has 2 rings (SSSR count). The minimum absolute atomic E-state index is 0.307. The van der Waals surface area contributed by atoms with Gasteiger partial charge in [-0.25, -0.2) is 0 Å². The van der Waals surface area contributed by atoms with Gasteiger partial charge < -0.3 is 5.11 Å². The molecule has 1 N–H and O–H groups in total. The Morgan fingerprint density at radius 2 is 2.21 bits per heavy atom. The van der Waals surface area contributed by atoms with Gasteiger partial charge in [-0.05, 0) is 51.3 Å². The van der Waals surface area contributed by atoms with Gasteiger partial charge >= 0.3 is 5.97 Å². The number of aromatic nitrogens is 2. The minimum atomic E-state index is -0.675. The van der Waals surface area contributed by atoms with Crippen LogP contribution in [0.25, 0.3) is 0 Å². The summed E-state index contributed by atoms with van der Waals surface area (Å²) in [5.74, 6) is -0.100. The van der Waals surface area contributed by atoms with Crippen LogP contribution in [0, 0.1) is 5.92 Å². The Morgan fingerprint density at radius 1 is 1.53 bits per heavy atom. The molecule has 0 saturated carbocycles. The molecule has 5 heteroatoms. The summed E-state index contributed by atoms with van der Waals surface area (Å²) in [6, 6.07) is 2.45. The van der Waals surface area contributed by atoms with Gasteiger partial charge in [0.05, 0.1) is 5.69 Å². The van der Waals surface area contributed by atoms with Crippen molar-refractivity contribution in [2.24, 2.45) is 13.0 Å². The van der Waals surface area contributed by atoms with Gasteiger partial charge in [-0.15, -0.1) is 0 Å². The van der Waals surface area contributed by atoms with Gasteiger partial charge in [0.15, 0.2) is 0 Å². The third-order valence-corrected chi connectivity index (χ3v) is 4.25. The lowest BCUT2D eigenvalue weighted by Crippen LogP contribution is -2.36. The lowest BCUT2D eigenvalue weighted by Gasteiger charge is -2.36. The van der Waals surface area contributed by atoms with Crippen molar-refractivity contribution >= 4 is 5.97 Å². The molecule has 2 heterocycles. The number of carboxylic acids is 1. The van der Waals surface area contributed by atoms with Gasteiger partial charge in [-0.1, -0.05) is 0 Å². The fraction of sp³-hybridized carbons (Fsp3) is 0.714. The maximum absolute atomic E-state index is 10.6. The fourth-order valence-electron chi connectivity index (χ4n) is 2.94. The van der Waals surface area contributed by atoms with Gasteiger partial charge in [-0.2, -0.15) is 5.10 Å². The van der Waals surface area contributed by atoms with E-state index in [2.05, 4.69) is 23.0 Å². The topological polar surface area (TPSA) is 58.4 Å². The van der Waals surface area contributed by atoms with E-state index in [1.807, 2.05) is 17.9 Å². The number of piperidine rings is 1. The summed E-state index contributed by atoms with van der Waals surface area (Å²) in [6.45, 7) is 4.32. The highest BCUT2D eigenvalue weighted by molar-refractivity contribution is 5.66. The number of nitrogens with zero attached hydrogens (tertiary/aromatic N) is 3. The van der Waals surface area contributed by atoms with Crippen LogP contribution >= 0.6 is 0 Å². The second kappa shape index (κ2) is 6.19. The first-order valence-electron chi connectivity index (χ1n) is 7.01. The van der Waals surface area contributed by atoms with Crippen molar-refractivity contribution in [2.45, 2.75) is 38.6 Å². The summed E-state index contributed by atoms with van der Waals surface area (Å²) < 4.78 is 1.93. The normalized spacial score (nSPS) is 19.5. The predicted octanol–water partition coefficient (Wildman–Crippen LogP) is 2.06. The molecule has 0 amide bonds. The van der Waals surface area contributed by atoms with Crippen LogP contribution in [0.15, 0.2) is 12.3 Å². The second-order valence-electron chi connectivity index (χ2n) is 5.47. The molecule has 1 atom stereocenters. The third-order valence-electron chi connectivity index (χ3n) is 4.25. The van der Waals surface area contributed by atoms with Crippen LogP contribution in [0.2, 0.25) is 0 Å². The molecule has 0 bridgehead atoms. The van der Waals surface area contributed by atoms with Gasteiger partial charge in [0.1, 0.15) is 0 Å². The highest BCUT2D eigenvalue weighted by Crippen LogP contribution is 2.28. The number of likely N-dealkylation sites (tertiary alicyclic amines) is 1. The van der Waals surface area contributed by atoms with Crippen molar-refractivity contribution in [1.29, 1.82) is 0 Å². The molecule has 1 saturated heterocycles. The fourth-order valence-corrected chi connectivity index (χ4v) is 2.94. The Hall–Kier alpha value is -1.36. The standard InChI is InChI=1S/C14H23N3O2/c1-11(13-5-8-15-16(13)2)17-9-6-12(7-10-17)3-4-14(18)19/h5,8,11-12H,3-4,6-7,9-10H2,1-2H3,(H,18,19). The number of hydrogen-bond donors (Lipinski definition) is 1. The molecule has 1 aliphatic heterocycles. The van der Waals surface area contributed by atoms with Crippen molar-refractivity contribution in [3.05, 3.63) is 18.0 Å². The van der Waals surface area contributed by atoms with E-state index in [9.17, 15) is 4.79 Å². The summed E-state index contributed by atoms with van der Waals surface area (Å²) in [5.41, 5.74) is 1.24. The van der Waals surface area contributed by atoms with Gasteiger partial charge in [0.25, 0.3) is 0 Å². The maximum Gasteiger partial charge on any atom is 0.303 e. The quantitative estimate of drug-likeness (QED) is 0.885. The smallest absolute Gasteiger partial charge is 0.303 e. The molecule has 5 nitrogen and oxygen atoms in total. The monoisotopic (exact) mass is 265 g/mol. The largest absolute Gasteiger partial charge is 0.481 e. The van der Waals surface area contributed by atoms with E-state index in [1.165, 1.54) is 5.69 Å². The molecule has 1 unspecified atom stereocenters. The highest BCUT2D eigenvalue weighted by Gasteiger charge is 2.24.